The Morgan fingerprint density at radius 1 is 1.15 bits per heavy atom. The standard InChI is InChI=1S/C18H25NO7S/c1-3-24-15-6-5-14(10-16(15)25-4-2)19-17(20)11-26-18(21)9-13-7-8-27(22,23)12-13/h5-6,10,13H,3-4,7-9,11-12H2,1-2H3,(H,19,20)/t13-/m1/s1. The number of hydrogen-bond donors (Lipinski definition) is 1. The molecule has 0 aromatic heterocycles. The van der Waals surface area contributed by atoms with Gasteiger partial charge in [-0.1, -0.05) is 0 Å². The number of anilines is 1. The zero-order valence-corrected chi connectivity index (χ0v) is 16.3. The summed E-state index contributed by atoms with van der Waals surface area (Å²) in [5.41, 5.74) is 0.491. The Labute approximate surface area is 159 Å². The van der Waals surface area contributed by atoms with Gasteiger partial charge < -0.3 is 19.5 Å². The Morgan fingerprint density at radius 3 is 2.48 bits per heavy atom. The van der Waals surface area contributed by atoms with Gasteiger partial charge in [-0.2, -0.15) is 0 Å². The van der Waals surface area contributed by atoms with E-state index in [2.05, 4.69) is 5.32 Å². The molecule has 1 aromatic rings. The molecule has 1 aromatic carbocycles. The second-order valence-electron chi connectivity index (χ2n) is 6.21. The number of carbonyl (C=O) groups excluding carboxylic acids is 2. The lowest BCUT2D eigenvalue weighted by atomic mass is 10.1. The molecule has 9 heteroatoms. The van der Waals surface area contributed by atoms with Crippen LogP contribution in [0.2, 0.25) is 0 Å². The zero-order chi connectivity index (χ0) is 19.9. The Kier molecular flexibility index (Phi) is 7.46. The van der Waals surface area contributed by atoms with Crippen LogP contribution >= 0.6 is 0 Å². The highest BCUT2D eigenvalue weighted by atomic mass is 32.2. The minimum Gasteiger partial charge on any atom is -0.490 e. The average Bonchev–Trinajstić information content (AvgIpc) is 2.94. The fraction of sp³-hybridized carbons (Fsp3) is 0.556. The monoisotopic (exact) mass is 399 g/mol. The third-order valence-electron chi connectivity index (χ3n) is 3.97. The molecule has 0 bridgehead atoms. The molecule has 1 aliphatic rings. The third kappa shape index (κ3) is 6.74. The number of benzene rings is 1. The van der Waals surface area contributed by atoms with Crippen LogP contribution in [-0.4, -0.2) is 51.6 Å². The molecule has 2 rings (SSSR count). The maximum atomic E-state index is 12.0. The van der Waals surface area contributed by atoms with Crippen molar-refractivity contribution in [3.05, 3.63) is 18.2 Å². The van der Waals surface area contributed by atoms with Gasteiger partial charge in [0.15, 0.2) is 27.9 Å². The highest BCUT2D eigenvalue weighted by molar-refractivity contribution is 7.91. The van der Waals surface area contributed by atoms with Gasteiger partial charge in [-0.3, -0.25) is 9.59 Å². The van der Waals surface area contributed by atoms with Gasteiger partial charge in [0.2, 0.25) is 0 Å². The highest BCUT2D eigenvalue weighted by Crippen LogP contribution is 2.30. The SMILES string of the molecule is CCOc1ccc(NC(=O)COC(=O)C[C@H]2CCS(=O)(=O)C2)cc1OCC. The normalized spacial score (nSPS) is 17.9. The number of rotatable bonds is 9. The molecule has 1 aliphatic heterocycles. The van der Waals surface area contributed by atoms with E-state index < -0.39 is 28.3 Å². The largest absolute Gasteiger partial charge is 0.490 e. The first kappa shape index (κ1) is 21.0. The quantitative estimate of drug-likeness (QED) is 0.631. The first-order chi connectivity index (χ1) is 12.8. The van der Waals surface area contributed by atoms with E-state index in [1.165, 1.54) is 0 Å². The summed E-state index contributed by atoms with van der Waals surface area (Å²) >= 11 is 0. The molecule has 1 N–H and O–H groups in total. The Balaban J connectivity index is 1.82. The van der Waals surface area contributed by atoms with Crippen LogP contribution < -0.4 is 14.8 Å². The van der Waals surface area contributed by atoms with E-state index >= 15 is 0 Å². The number of sulfone groups is 1. The van der Waals surface area contributed by atoms with Crippen LogP contribution in [-0.2, 0) is 24.2 Å². The highest BCUT2D eigenvalue weighted by Gasteiger charge is 2.30. The number of ether oxygens (including phenoxy) is 3. The topological polar surface area (TPSA) is 108 Å². The summed E-state index contributed by atoms with van der Waals surface area (Å²) in [5.74, 6) is -0.105. The van der Waals surface area contributed by atoms with E-state index in [0.717, 1.165) is 0 Å². The van der Waals surface area contributed by atoms with Crippen LogP contribution in [0.1, 0.15) is 26.7 Å². The van der Waals surface area contributed by atoms with E-state index in [1.807, 2.05) is 13.8 Å². The number of nitrogens with one attached hydrogen (secondary N) is 1. The molecule has 0 unspecified atom stereocenters. The molecule has 0 spiro atoms. The zero-order valence-electron chi connectivity index (χ0n) is 15.5. The van der Waals surface area contributed by atoms with Gasteiger partial charge in [0.25, 0.3) is 5.91 Å². The molecule has 150 valence electrons. The fourth-order valence-corrected chi connectivity index (χ4v) is 4.66. The number of esters is 1. The van der Waals surface area contributed by atoms with Crippen molar-refractivity contribution in [3.63, 3.8) is 0 Å². The van der Waals surface area contributed by atoms with Gasteiger partial charge in [-0.25, -0.2) is 8.42 Å². The predicted octanol–water partition coefficient (Wildman–Crippen LogP) is 1.79. The predicted molar refractivity (Wildman–Crippen MR) is 99.7 cm³/mol. The molecule has 8 nitrogen and oxygen atoms in total. The van der Waals surface area contributed by atoms with Gasteiger partial charge in [0.05, 0.1) is 24.7 Å². The van der Waals surface area contributed by atoms with Crippen LogP contribution in [0.3, 0.4) is 0 Å². The maximum Gasteiger partial charge on any atom is 0.306 e. The van der Waals surface area contributed by atoms with E-state index in [1.54, 1.807) is 18.2 Å². The second-order valence-corrected chi connectivity index (χ2v) is 8.44. The molecule has 1 saturated heterocycles. The first-order valence-corrected chi connectivity index (χ1v) is 10.7. The van der Waals surface area contributed by atoms with Crippen molar-refractivity contribution in [2.45, 2.75) is 26.7 Å². The Bertz CT molecular complexity index is 776. The molecule has 0 saturated carbocycles. The van der Waals surface area contributed by atoms with Crippen LogP contribution in [0.15, 0.2) is 18.2 Å². The van der Waals surface area contributed by atoms with Crippen LogP contribution in [0, 0.1) is 5.92 Å². The molecular formula is C18H25NO7S. The lowest BCUT2D eigenvalue weighted by Crippen LogP contribution is -2.22. The molecular weight excluding hydrogens is 374 g/mol. The lowest BCUT2D eigenvalue weighted by molar-refractivity contribution is -0.148. The summed E-state index contributed by atoms with van der Waals surface area (Å²) in [6.45, 7) is 4.21. The van der Waals surface area contributed by atoms with E-state index in [0.29, 0.717) is 36.8 Å². The summed E-state index contributed by atoms with van der Waals surface area (Å²) in [4.78, 5) is 23.8. The van der Waals surface area contributed by atoms with Crippen molar-refractivity contribution in [2.75, 3.05) is 36.6 Å². The van der Waals surface area contributed by atoms with Gasteiger partial charge in [0, 0.05) is 18.2 Å². The number of hydrogen-bond acceptors (Lipinski definition) is 7. The molecule has 1 atom stereocenters. The molecule has 1 fully saturated rings. The minimum atomic E-state index is -3.04. The third-order valence-corrected chi connectivity index (χ3v) is 5.81. The van der Waals surface area contributed by atoms with Crippen LogP contribution in [0.5, 0.6) is 11.5 Å². The molecule has 0 radical (unpaired) electrons. The van der Waals surface area contributed by atoms with E-state index in [-0.39, 0.29) is 23.8 Å². The van der Waals surface area contributed by atoms with Gasteiger partial charge in [-0.05, 0) is 38.3 Å². The van der Waals surface area contributed by atoms with Crippen molar-refractivity contribution >= 4 is 27.4 Å². The van der Waals surface area contributed by atoms with Crippen LogP contribution in [0.4, 0.5) is 5.69 Å². The minimum absolute atomic E-state index is 0.000676. The van der Waals surface area contributed by atoms with Crippen molar-refractivity contribution < 1.29 is 32.2 Å². The van der Waals surface area contributed by atoms with Crippen molar-refractivity contribution in [3.8, 4) is 11.5 Å². The second kappa shape index (κ2) is 9.59. The Hall–Kier alpha value is -2.29. The summed E-state index contributed by atoms with van der Waals surface area (Å²) in [7, 11) is -3.04. The number of amides is 1. The van der Waals surface area contributed by atoms with Gasteiger partial charge in [0.1, 0.15) is 0 Å². The van der Waals surface area contributed by atoms with Crippen molar-refractivity contribution in [1.82, 2.24) is 0 Å². The number of carbonyl (C=O) groups is 2. The van der Waals surface area contributed by atoms with Crippen molar-refractivity contribution in [1.29, 1.82) is 0 Å². The summed E-state index contributed by atoms with van der Waals surface area (Å²) in [6.07, 6.45) is 0.458. The summed E-state index contributed by atoms with van der Waals surface area (Å²) in [5, 5.41) is 2.62. The lowest BCUT2D eigenvalue weighted by Gasteiger charge is -2.13. The molecule has 27 heavy (non-hydrogen) atoms. The first-order valence-electron chi connectivity index (χ1n) is 8.88. The van der Waals surface area contributed by atoms with Crippen LogP contribution in [0.25, 0.3) is 0 Å². The van der Waals surface area contributed by atoms with E-state index in [9.17, 15) is 18.0 Å². The average molecular weight is 399 g/mol. The summed E-state index contributed by atoms with van der Waals surface area (Å²) in [6, 6.07) is 4.99. The van der Waals surface area contributed by atoms with Gasteiger partial charge in [-0.15, -0.1) is 0 Å². The molecule has 0 aliphatic carbocycles. The smallest absolute Gasteiger partial charge is 0.306 e. The van der Waals surface area contributed by atoms with Crippen molar-refractivity contribution in [2.24, 2.45) is 5.92 Å². The van der Waals surface area contributed by atoms with Gasteiger partial charge >= 0.3 is 5.97 Å². The Morgan fingerprint density at radius 2 is 1.85 bits per heavy atom. The van der Waals surface area contributed by atoms with E-state index in [4.69, 9.17) is 14.2 Å². The fourth-order valence-electron chi connectivity index (χ4n) is 2.80. The molecule has 1 amide bonds. The summed E-state index contributed by atoms with van der Waals surface area (Å²) < 4.78 is 38.7. The molecule has 1 heterocycles. The maximum absolute atomic E-state index is 12.0.